The minimum absolute atomic E-state index is 0.0368. The number of carbonyl (C=O) groups excluding carboxylic acids is 2. The molecule has 0 fully saturated rings. The molecule has 0 saturated heterocycles. The molecule has 0 bridgehead atoms. The second-order valence-electron chi connectivity index (χ2n) is 10.7. The fraction of sp³-hybridized carbons (Fsp3) is 0.862. The van der Waals surface area contributed by atoms with E-state index in [1.165, 1.54) is 6.42 Å². The molecule has 0 aliphatic rings. The normalized spacial score (nSPS) is 12.1. The fourth-order valence-electron chi connectivity index (χ4n) is 2.97. The van der Waals surface area contributed by atoms with E-state index in [-0.39, 0.29) is 16.2 Å². The molecule has 1 unspecified atom stereocenters. The van der Waals surface area contributed by atoms with E-state index >= 15 is 0 Å². The van der Waals surface area contributed by atoms with Gasteiger partial charge in [-0.15, -0.1) is 0 Å². The van der Waals surface area contributed by atoms with Gasteiger partial charge in [-0.1, -0.05) is 61.1 Å². The SMILES string of the molecule is CC(C)C#CCNC(=O)NCCCCOC(C)SSC(C)(C)CCOC(=O)NCCOCCOCCCC(C)C. The van der Waals surface area contributed by atoms with E-state index in [0.29, 0.717) is 64.5 Å². The van der Waals surface area contributed by atoms with Crippen molar-refractivity contribution in [3.8, 4) is 11.8 Å². The summed E-state index contributed by atoms with van der Waals surface area (Å²) < 4.78 is 22.1. The maximum absolute atomic E-state index is 11.9. The van der Waals surface area contributed by atoms with Crippen molar-refractivity contribution in [2.75, 3.05) is 59.3 Å². The molecule has 0 heterocycles. The zero-order valence-corrected chi connectivity index (χ0v) is 27.5. The van der Waals surface area contributed by atoms with Crippen LogP contribution in [0.1, 0.15) is 80.6 Å². The summed E-state index contributed by atoms with van der Waals surface area (Å²) in [7, 11) is 3.40. The van der Waals surface area contributed by atoms with Gasteiger partial charge in [0.05, 0.1) is 33.0 Å². The second-order valence-corrected chi connectivity index (χ2v) is 13.9. The largest absolute Gasteiger partial charge is 0.450 e. The van der Waals surface area contributed by atoms with Gasteiger partial charge in [0.15, 0.2) is 0 Å². The quantitative estimate of drug-likeness (QED) is 0.0578. The molecular formula is C29H55N3O6S2. The molecule has 0 aromatic heterocycles. The van der Waals surface area contributed by atoms with Crippen molar-refractivity contribution < 1.29 is 28.5 Å². The third-order valence-corrected chi connectivity index (χ3v) is 8.86. The summed E-state index contributed by atoms with van der Waals surface area (Å²) in [6, 6.07) is -0.193. The van der Waals surface area contributed by atoms with Crippen LogP contribution in [-0.2, 0) is 18.9 Å². The van der Waals surface area contributed by atoms with Gasteiger partial charge in [0.25, 0.3) is 0 Å². The van der Waals surface area contributed by atoms with Crippen LogP contribution in [0.25, 0.3) is 0 Å². The Morgan fingerprint density at radius 3 is 2.25 bits per heavy atom. The zero-order valence-electron chi connectivity index (χ0n) is 25.9. The molecule has 11 heteroatoms. The van der Waals surface area contributed by atoms with Crippen molar-refractivity contribution in [1.82, 2.24) is 16.0 Å². The number of unbranched alkanes of at least 4 members (excludes halogenated alkanes) is 1. The maximum Gasteiger partial charge on any atom is 0.407 e. The highest BCUT2D eigenvalue weighted by molar-refractivity contribution is 8.77. The lowest BCUT2D eigenvalue weighted by molar-refractivity contribution is 0.0462. The third kappa shape index (κ3) is 28.2. The topological polar surface area (TPSA) is 107 Å². The summed E-state index contributed by atoms with van der Waals surface area (Å²) in [4.78, 5) is 23.6. The van der Waals surface area contributed by atoms with Crippen LogP contribution in [0.15, 0.2) is 0 Å². The Morgan fingerprint density at radius 2 is 1.55 bits per heavy atom. The second kappa shape index (κ2) is 25.4. The molecule has 0 spiro atoms. The molecule has 0 aromatic carbocycles. The van der Waals surface area contributed by atoms with Gasteiger partial charge in [-0.3, -0.25) is 0 Å². The fourth-order valence-corrected chi connectivity index (χ4v) is 5.29. The van der Waals surface area contributed by atoms with Crippen molar-refractivity contribution in [1.29, 1.82) is 0 Å². The number of urea groups is 1. The molecule has 0 radical (unpaired) electrons. The highest BCUT2D eigenvalue weighted by atomic mass is 33.1. The summed E-state index contributed by atoms with van der Waals surface area (Å²) in [5.74, 6) is 6.94. The lowest BCUT2D eigenvalue weighted by Crippen LogP contribution is -2.36. The van der Waals surface area contributed by atoms with Crippen LogP contribution in [-0.4, -0.2) is 81.6 Å². The number of nitrogens with one attached hydrogen (secondary N) is 3. The third-order valence-electron chi connectivity index (χ3n) is 5.24. The standard InChI is InChI=1S/C29H55N3O6S2/c1-24(2)12-10-16-31-27(33)30-15-8-9-19-37-26(5)39-40-29(6,7)14-20-38-28(34)32-17-21-36-23-22-35-18-11-13-25(3)4/h24-26H,8-9,11,13-23H2,1-7H3,(H,32,34)(H2,30,31,33). The number of alkyl carbamates (subject to hydrolysis) is 1. The molecular weight excluding hydrogens is 550 g/mol. The first-order valence-electron chi connectivity index (χ1n) is 14.5. The van der Waals surface area contributed by atoms with E-state index in [0.717, 1.165) is 32.3 Å². The first-order chi connectivity index (χ1) is 19.0. The lowest BCUT2D eigenvalue weighted by atomic mass is 10.1. The van der Waals surface area contributed by atoms with Crippen LogP contribution in [0.2, 0.25) is 0 Å². The molecule has 0 aliphatic heterocycles. The molecule has 3 amide bonds. The van der Waals surface area contributed by atoms with Crippen LogP contribution in [0.4, 0.5) is 9.59 Å². The van der Waals surface area contributed by atoms with Gasteiger partial charge in [0, 0.05) is 37.0 Å². The first kappa shape index (κ1) is 38.7. The Hall–Kier alpha value is -1.32. The Balaban J connectivity index is 3.67. The van der Waals surface area contributed by atoms with Crippen molar-refractivity contribution in [3.63, 3.8) is 0 Å². The first-order valence-corrected chi connectivity index (χ1v) is 16.8. The van der Waals surface area contributed by atoms with Gasteiger partial charge < -0.3 is 34.9 Å². The number of rotatable bonds is 23. The predicted molar refractivity (Wildman–Crippen MR) is 168 cm³/mol. The van der Waals surface area contributed by atoms with E-state index in [1.807, 2.05) is 20.8 Å². The highest BCUT2D eigenvalue weighted by Crippen LogP contribution is 2.40. The molecule has 0 aliphatic carbocycles. The van der Waals surface area contributed by atoms with Gasteiger partial charge in [-0.25, -0.2) is 9.59 Å². The van der Waals surface area contributed by atoms with Gasteiger partial charge in [0.2, 0.25) is 0 Å². The van der Waals surface area contributed by atoms with E-state index in [1.54, 1.807) is 21.6 Å². The average Bonchev–Trinajstić information content (AvgIpc) is 2.88. The summed E-state index contributed by atoms with van der Waals surface area (Å²) in [5, 5.41) is 8.26. The monoisotopic (exact) mass is 605 g/mol. The average molecular weight is 606 g/mol. The van der Waals surface area contributed by atoms with E-state index < -0.39 is 6.09 Å². The minimum atomic E-state index is -0.425. The molecule has 9 nitrogen and oxygen atoms in total. The molecule has 40 heavy (non-hydrogen) atoms. The highest BCUT2D eigenvalue weighted by Gasteiger charge is 2.21. The van der Waals surface area contributed by atoms with Crippen molar-refractivity contribution in [3.05, 3.63) is 0 Å². The van der Waals surface area contributed by atoms with Crippen LogP contribution in [0.5, 0.6) is 0 Å². The van der Waals surface area contributed by atoms with Crippen molar-refractivity contribution >= 4 is 33.7 Å². The molecule has 1 atom stereocenters. The molecule has 0 rings (SSSR count). The number of ether oxygens (including phenoxy) is 4. The van der Waals surface area contributed by atoms with Crippen LogP contribution in [0, 0.1) is 23.7 Å². The number of hydrogen-bond donors (Lipinski definition) is 3. The van der Waals surface area contributed by atoms with E-state index in [4.69, 9.17) is 18.9 Å². The van der Waals surface area contributed by atoms with Crippen LogP contribution < -0.4 is 16.0 Å². The molecule has 0 aromatic rings. The zero-order chi connectivity index (χ0) is 30.1. The number of amides is 3. The summed E-state index contributed by atoms with van der Waals surface area (Å²) in [6.07, 6.45) is 4.27. The Kier molecular flexibility index (Phi) is 24.6. The predicted octanol–water partition coefficient (Wildman–Crippen LogP) is 5.83. The molecule has 3 N–H and O–H groups in total. The number of hydrogen-bond acceptors (Lipinski definition) is 8. The molecule has 0 saturated carbocycles. The van der Waals surface area contributed by atoms with Crippen LogP contribution >= 0.6 is 21.6 Å². The maximum atomic E-state index is 11.9. The summed E-state index contributed by atoms with van der Waals surface area (Å²) in [6.45, 7) is 19.4. The number of carbonyl (C=O) groups is 2. The Bertz CT molecular complexity index is 714. The molecule has 234 valence electrons. The van der Waals surface area contributed by atoms with Gasteiger partial charge in [0.1, 0.15) is 5.44 Å². The lowest BCUT2D eigenvalue weighted by Gasteiger charge is -2.24. The van der Waals surface area contributed by atoms with E-state index in [2.05, 4.69) is 55.5 Å². The van der Waals surface area contributed by atoms with Crippen LogP contribution in [0.3, 0.4) is 0 Å². The van der Waals surface area contributed by atoms with Gasteiger partial charge >= 0.3 is 12.1 Å². The van der Waals surface area contributed by atoms with Crippen molar-refractivity contribution in [2.45, 2.75) is 90.8 Å². The smallest absolute Gasteiger partial charge is 0.407 e. The summed E-state index contributed by atoms with van der Waals surface area (Å²) in [5.41, 5.74) is 0.0368. The minimum Gasteiger partial charge on any atom is -0.450 e. The van der Waals surface area contributed by atoms with Gasteiger partial charge in [-0.2, -0.15) is 0 Å². The Morgan fingerprint density at radius 1 is 0.825 bits per heavy atom. The summed E-state index contributed by atoms with van der Waals surface area (Å²) >= 11 is 0. The van der Waals surface area contributed by atoms with E-state index in [9.17, 15) is 9.59 Å². The van der Waals surface area contributed by atoms with Crippen molar-refractivity contribution in [2.24, 2.45) is 11.8 Å². The Labute approximate surface area is 251 Å². The van der Waals surface area contributed by atoms with Gasteiger partial charge in [-0.05, 0) is 58.8 Å².